The molecule has 0 saturated heterocycles. The number of nitrogens with zero attached hydrogens (tertiary/aromatic N) is 5. The molecule has 1 heterocycles. The van der Waals surface area contributed by atoms with E-state index in [9.17, 15) is 13.9 Å². The minimum atomic E-state index is -3.78. The summed E-state index contributed by atoms with van der Waals surface area (Å²) in [6, 6.07) is 11.0. The standard InChI is InChI=1S/C22H17F4N5O/c23-16-4-5-17(18(24)7-16)21(32,12-31-13-28-29-30-31)22(25,26)20-9-19(10-20,11-20)15-3-1-2-14(6-15)8-27/h1-7,13,32H,9-12H2/t19?,20?,21-/m1/s1. The first kappa shape index (κ1) is 20.6. The lowest BCUT2D eigenvalue weighted by molar-refractivity contribution is -0.347. The van der Waals surface area contributed by atoms with E-state index in [4.69, 9.17) is 5.26 Å². The van der Waals surface area contributed by atoms with Crippen LogP contribution in [0.3, 0.4) is 0 Å². The van der Waals surface area contributed by atoms with E-state index in [0.717, 1.165) is 28.7 Å². The maximum absolute atomic E-state index is 16.1. The Labute approximate surface area is 180 Å². The van der Waals surface area contributed by atoms with Crippen LogP contribution in [0.15, 0.2) is 48.8 Å². The molecule has 0 amide bonds. The smallest absolute Gasteiger partial charge is 0.287 e. The summed E-state index contributed by atoms with van der Waals surface area (Å²) >= 11 is 0. The molecule has 1 N–H and O–H groups in total. The van der Waals surface area contributed by atoms with Gasteiger partial charge in [0.1, 0.15) is 18.0 Å². The molecule has 3 aliphatic carbocycles. The van der Waals surface area contributed by atoms with E-state index in [-0.39, 0.29) is 19.3 Å². The quantitative estimate of drug-likeness (QED) is 0.590. The van der Waals surface area contributed by atoms with Crippen LogP contribution in [0.1, 0.15) is 36.0 Å². The van der Waals surface area contributed by atoms with E-state index >= 15 is 8.78 Å². The summed E-state index contributed by atoms with van der Waals surface area (Å²) in [4.78, 5) is 0. The van der Waals surface area contributed by atoms with Crippen molar-refractivity contribution in [3.05, 3.63) is 77.1 Å². The Balaban J connectivity index is 1.52. The van der Waals surface area contributed by atoms with Gasteiger partial charge in [-0.15, -0.1) is 5.10 Å². The largest absolute Gasteiger partial charge is 0.377 e. The zero-order valence-electron chi connectivity index (χ0n) is 16.6. The summed E-state index contributed by atoms with van der Waals surface area (Å²) in [6.07, 6.45) is 1.26. The second-order valence-electron chi connectivity index (χ2n) is 8.85. The number of nitriles is 1. The molecule has 2 aromatic carbocycles. The Hall–Kier alpha value is -3.32. The van der Waals surface area contributed by atoms with E-state index in [0.29, 0.717) is 11.6 Å². The van der Waals surface area contributed by atoms with Gasteiger partial charge in [-0.2, -0.15) is 5.26 Å². The van der Waals surface area contributed by atoms with Gasteiger partial charge in [-0.3, -0.25) is 0 Å². The molecule has 6 rings (SSSR count). The Kier molecular flexibility index (Phi) is 4.24. The number of aromatic nitrogens is 4. The Morgan fingerprint density at radius 2 is 1.88 bits per heavy atom. The molecule has 1 atom stereocenters. The van der Waals surface area contributed by atoms with Crippen molar-refractivity contribution in [1.82, 2.24) is 20.2 Å². The highest BCUT2D eigenvalue weighted by Gasteiger charge is 2.82. The zero-order valence-corrected chi connectivity index (χ0v) is 16.6. The fourth-order valence-corrected chi connectivity index (χ4v) is 5.45. The number of hydrogen-bond acceptors (Lipinski definition) is 5. The predicted octanol–water partition coefficient (Wildman–Crippen LogP) is 3.47. The van der Waals surface area contributed by atoms with Gasteiger partial charge in [-0.25, -0.2) is 22.2 Å². The predicted molar refractivity (Wildman–Crippen MR) is 102 cm³/mol. The molecule has 3 fully saturated rings. The van der Waals surface area contributed by atoms with Gasteiger partial charge in [-0.05, 0) is 64.9 Å². The highest BCUT2D eigenvalue weighted by molar-refractivity contribution is 5.46. The molecule has 6 nitrogen and oxygen atoms in total. The van der Waals surface area contributed by atoms with Crippen molar-refractivity contribution < 1.29 is 22.7 Å². The number of hydrogen-bond donors (Lipinski definition) is 1. The van der Waals surface area contributed by atoms with Crippen molar-refractivity contribution in [2.45, 2.75) is 42.7 Å². The van der Waals surface area contributed by atoms with Crippen LogP contribution in [-0.4, -0.2) is 31.2 Å². The van der Waals surface area contributed by atoms with E-state index < -0.39 is 46.1 Å². The summed E-state index contributed by atoms with van der Waals surface area (Å²) in [5.41, 5.74) is -4.57. The van der Waals surface area contributed by atoms with Crippen LogP contribution in [0.2, 0.25) is 0 Å². The first-order valence-electron chi connectivity index (χ1n) is 9.92. The van der Waals surface area contributed by atoms with Gasteiger partial charge in [0.25, 0.3) is 5.92 Å². The van der Waals surface area contributed by atoms with Gasteiger partial charge in [-0.1, -0.05) is 12.1 Å². The number of benzene rings is 2. The zero-order chi connectivity index (χ0) is 22.8. The third kappa shape index (κ3) is 2.64. The van der Waals surface area contributed by atoms with Crippen LogP contribution in [0.4, 0.5) is 17.6 Å². The third-order valence-electron chi connectivity index (χ3n) is 6.98. The molecular weight excluding hydrogens is 426 g/mol. The van der Waals surface area contributed by atoms with Crippen LogP contribution in [0.25, 0.3) is 0 Å². The Bertz CT molecular complexity index is 1220. The van der Waals surface area contributed by atoms with Crippen molar-refractivity contribution in [1.29, 1.82) is 5.26 Å². The normalized spacial score (nSPS) is 25.9. The first-order valence-corrected chi connectivity index (χ1v) is 9.92. The molecule has 3 saturated carbocycles. The maximum atomic E-state index is 16.1. The molecule has 0 radical (unpaired) electrons. The van der Waals surface area contributed by atoms with Gasteiger partial charge >= 0.3 is 0 Å². The average Bonchev–Trinajstić information content (AvgIpc) is 3.18. The van der Waals surface area contributed by atoms with Gasteiger partial charge in [0.15, 0.2) is 5.60 Å². The molecule has 10 heteroatoms. The highest BCUT2D eigenvalue weighted by Crippen LogP contribution is 2.80. The lowest BCUT2D eigenvalue weighted by Gasteiger charge is -2.74. The lowest BCUT2D eigenvalue weighted by atomic mass is 9.30. The van der Waals surface area contributed by atoms with Crippen LogP contribution in [-0.2, 0) is 17.6 Å². The Morgan fingerprint density at radius 1 is 1.12 bits per heavy atom. The molecular formula is C22H17F4N5O. The van der Waals surface area contributed by atoms with E-state index in [1.807, 2.05) is 6.07 Å². The Morgan fingerprint density at radius 3 is 2.50 bits per heavy atom. The lowest BCUT2D eigenvalue weighted by Crippen LogP contribution is -2.76. The fourth-order valence-electron chi connectivity index (χ4n) is 5.45. The van der Waals surface area contributed by atoms with E-state index in [1.54, 1.807) is 24.3 Å². The molecule has 0 spiro atoms. The van der Waals surface area contributed by atoms with Gasteiger partial charge in [0.05, 0.1) is 18.2 Å². The minimum absolute atomic E-state index is 0.0720. The van der Waals surface area contributed by atoms with Crippen molar-refractivity contribution in [3.63, 3.8) is 0 Å². The number of halogens is 4. The average molecular weight is 443 g/mol. The summed E-state index contributed by atoms with van der Waals surface area (Å²) in [6.45, 7) is -0.811. The van der Waals surface area contributed by atoms with Crippen LogP contribution < -0.4 is 0 Å². The molecule has 3 aromatic rings. The molecule has 1 aromatic heterocycles. The summed E-state index contributed by atoms with van der Waals surface area (Å²) in [7, 11) is 0. The van der Waals surface area contributed by atoms with Gasteiger partial charge < -0.3 is 5.11 Å². The van der Waals surface area contributed by atoms with E-state index in [2.05, 4.69) is 15.5 Å². The minimum Gasteiger partial charge on any atom is -0.377 e. The molecule has 164 valence electrons. The monoisotopic (exact) mass is 443 g/mol. The highest BCUT2D eigenvalue weighted by atomic mass is 19.3. The summed E-state index contributed by atoms with van der Waals surface area (Å²) in [5, 5.41) is 30.8. The summed E-state index contributed by atoms with van der Waals surface area (Å²) in [5.74, 6) is -6.00. The number of aliphatic hydroxyl groups is 1. The maximum Gasteiger partial charge on any atom is 0.287 e. The molecule has 3 aliphatic rings. The fraction of sp³-hybridized carbons (Fsp3) is 0.364. The van der Waals surface area contributed by atoms with Crippen molar-refractivity contribution in [2.24, 2.45) is 5.41 Å². The SMILES string of the molecule is N#Cc1cccc(C23CC(C(F)(F)[C@@](O)(Cn4cnnn4)c4ccc(F)cc4F)(C2)C3)c1. The molecule has 0 aliphatic heterocycles. The van der Waals surface area contributed by atoms with Crippen molar-refractivity contribution >= 4 is 0 Å². The van der Waals surface area contributed by atoms with Crippen LogP contribution in [0.5, 0.6) is 0 Å². The van der Waals surface area contributed by atoms with Crippen molar-refractivity contribution in [3.8, 4) is 6.07 Å². The third-order valence-corrected chi connectivity index (χ3v) is 6.98. The van der Waals surface area contributed by atoms with Crippen LogP contribution >= 0.6 is 0 Å². The van der Waals surface area contributed by atoms with Crippen LogP contribution in [0, 0.1) is 28.4 Å². The second kappa shape index (κ2) is 6.59. The second-order valence-corrected chi connectivity index (χ2v) is 8.85. The molecule has 0 unspecified atom stereocenters. The number of tetrazole rings is 1. The van der Waals surface area contributed by atoms with Crippen molar-refractivity contribution in [2.75, 3.05) is 0 Å². The number of rotatable bonds is 6. The summed E-state index contributed by atoms with van der Waals surface area (Å²) < 4.78 is 61.2. The topological polar surface area (TPSA) is 87.6 Å². The van der Waals surface area contributed by atoms with Gasteiger partial charge in [0, 0.05) is 17.0 Å². The van der Waals surface area contributed by atoms with E-state index in [1.165, 1.54) is 0 Å². The number of alkyl halides is 2. The first-order chi connectivity index (χ1) is 15.1. The molecule has 2 bridgehead atoms. The molecule has 32 heavy (non-hydrogen) atoms. The van der Waals surface area contributed by atoms with Gasteiger partial charge in [0.2, 0.25) is 0 Å².